The summed E-state index contributed by atoms with van der Waals surface area (Å²) in [6.45, 7) is 0. The molecule has 0 radical (unpaired) electrons. The summed E-state index contributed by atoms with van der Waals surface area (Å²) in [7, 11) is 0. The number of H-pyrrole nitrogens is 1. The lowest BCUT2D eigenvalue weighted by molar-refractivity contribution is 0.0700. The largest absolute Gasteiger partial charge is 0.357 e. The third kappa shape index (κ3) is 1.65. The fourth-order valence-corrected chi connectivity index (χ4v) is 0.637. The topological polar surface area (TPSA) is 82.2 Å². The second-order valence-electron chi connectivity index (χ2n) is 1.88. The molecule has 1 heterocycles. The molecule has 5 heteroatoms. The van der Waals surface area contributed by atoms with Gasteiger partial charge in [0.15, 0.2) is 5.43 Å². The van der Waals surface area contributed by atoms with E-state index < -0.39 is 5.91 Å². The number of aromatic nitrogens is 1. The Labute approximate surface area is 61.6 Å². The number of rotatable bonds is 1. The molecule has 1 aromatic heterocycles. The van der Waals surface area contributed by atoms with Crippen LogP contribution >= 0.6 is 0 Å². The molecule has 0 unspecified atom stereocenters. The van der Waals surface area contributed by atoms with Crippen molar-refractivity contribution < 1.29 is 10.0 Å². The monoisotopic (exact) mass is 154 g/mol. The van der Waals surface area contributed by atoms with Gasteiger partial charge in [0.05, 0.1) is 0 Å². The zero-order chi connectivity index (χ0) is 8.27. The summed E-state index contributed by atoms with van der Waals surface area (Å²) in [6, 6.07) is 2.36. The molecule has 0 atom stereocenters. The Hall–Kier alpha value is -1.62. The zero-order valence-electron chi connectivity index (χ0n) is 5.50. The number of hydrogen-bond acceptors (Lipinski definition) is 3. The maximum absolute atomic E-state index is 10.6. The molecule has 0 fully saturated rings. The van der Waals surface area contributed by atoms with Crippen LogP contribution in [-0.4, -0.2) is 16.1 Å². The minimum Gasteiger partial charge on any atom is -0.357 e. The Balaban J connectivity index is 3.05. The van der Waals surface area contributed by atoms with Gasteiger partial charge in [-0.25, -0.2) is 5.48 Å². The second-order valence-corrected chi connectivity index (χ2v) is 1.88. The molecular formula is C6H6N2O3. The molecule has 0 spiro atoms. The van der Waals surface area contributed by atoms with Gasteiger partial charge in [-0.05, 0) is 0 Å². The Morgan fingerprint density at radius 3 is 2.91 bits per heavy atom. The van der Waals surface area contributed by atoms with Crippen LogP contribution in [0.4, 0.5) is 0 Å². The van der Waals surface area contributed by atoms with Crippen molar-refractivity contribution in [1.29, 1.82) is 0 Å². The highest BCUT2D eigenvalue weighted by Gasteiger charge is 2.02. The zero-order valence-corrected chi connectivity index (χ0v) is 5.50. The number of hydroxylamine groups is 1. The van der Waals surface area contributed by atoms with E-state index in [9.17, 15) is 9.59 Å². The fourth-order valence-electron chi connectivity index (χ4n) is 0.637. The lowest BCUT2D eigenvalue weighted by Crippen LogP contribution is -2.21. The summed E-state index contributed by atoms with van der Waals surface area (Å²) in [5, 5.41) is 8.16. The molecule has 5 nitrogen and oxygen atoms in total. The average molecular weight is 154 g/mol. The molecule has 1 amide bonds. The molecule has 1 aromatic rings. The molecule has 0 bridgehead atoms. The predicted molar refractivity (Wildman–Crippen MR) is 36.3 cm³/mol. The molecule has 3 N–H and O–H groups in total. The van der Waals surface area contributed by atoms with E-state index in [1.165, 1.54) is 17.7 Å². The third-order valence-corrected chi connectivity index (χ3v) is 1.12. The predicted octanol–water partition coefficient (Wildman–Crippen LogP) is -0.506. The molecule has 58 valence electrons. The number of aromatic amines is 1. The highest BCUT2D eigenvalue weighted by atomic mass is 16.5. The van der Waals surface area contributed by atoms with Gasteiger partial charge in [0, 0.05) is 18.3 Å². The van der Waals surface area contributed by atoms with Crippen LogP contribution < -0.4 is 10.9 Å². The first-order chi connectivity index (χ1) is 5.24. The molecular weight excluding hydrogens is 148 g/mol. The van der Waals surface area contributed by atoms with E-state index in [-0.39, 0.29) is 11.1 Å². The van der Waals surface area contributed by atoms with E-state index in [4.69, 9.17) is 5.21 Å². The molecule has 0 saturated heterocycles. The minimum absolute atomic E-state index is 0.0278. The quantitative estimate of drug-likeness (QED) is 0.376. The van der Waals surface area contributed by atoms with Gasteiger partial charge in [-0.1, -0.05) is 0 Å². The van der Waals surface area contributed by atoms with Crippen molar-refractivity contribution >= 4 is 5.91 Å². The number of pyridine rings is 1. The van der Waals surface area contributed by atoms with E-state index in [1.807, 2.05) is 0 Å². The van der Waals surface area contributed by atoms with Crippen molar-refractivity contribution in [2.75, 3.05) is 0 Å². The average Bonchev–Trinajstić information content (AvgIpc) is 2.03. The fraction of sp³-hybridized carbons (Fsp3) is 0. The maximum Gasteiger partial charge on any atom is 0.291 e. The summed E-state index contributed by atoms with van der Waals surface area (Å²) >= 11 is 0. The lowest BCUT2D eigenvalue weighted by atomic mass is 10.3. The van der Waals surface area contributed by atoms with Gasteiger partial charge in [-0.2, -0.15) is 0 Å². The van der Waals surface area contributed by atoms with Gasteiger partial charge >= 0.3 is 0 Å². The van der Waals surface area contributed by atoms with Gasteiger partial charge in [0.2, 0.25) is 0 Å². The summed E-state index contributed by atoms with van der Waals surface area (Å²) in [6.07, 6.45) is 1.33. The van der Waals surface area contributed by atoms with E-state index in [2.05, 4.69) is 4.98 Å². The summed E-state index contributed by atoms with van der Waals surface area (Å²) in [5.41, 5.74) is 1.14. The standard InChI is InChI=1S/C6H6N2O3/c9-4-1-2-7-5(3-4)6(10)8-11/h1-3,11H,(H,7,9)(H,8,10). The summed E-state index contributed by atoms with van der Waals surface area (Å²) < 4.78 is 0. The Morgan fingerprint density at radius 2 is 2.36 bits per heavy atom. The first kappa shape index (κ1) is 7.49. The second kappa shape index (κ2) is 2.98. The van der Waals surface area contributed by atoms with Crippen LogP contribution in [0.3, 0.4) is 0 Å². The highest BCUT2D eigenvalue weighted by molar-refractivity contribution is 5.91. The molecule has 0 aliphatic rings. The van der Waals surface area contributed by atoms with E-state index >= 15 is 0 Å². The van der Waals surface area contributed by atoms with Gasteiger partial charge < -0.3 is 4.98 Å². The first-order valence-electron chi connectivity index (χ1n) is 2.87. The number of carbonyl (C=O) groups excluding carboxylic acids is 1. The lowest BCUT2D eigenvalue weighted by Gasteiger charge is -1.95. The van der Waals surface area contributed by atoms with Gasteiger partial charge in [0.25, 0.3) is 5.91 Å². The van der Waals surface area contributed by atoms with Crippen molar-refractivity contribution in [1.82, 2.24) is 10.5 Å². The van der Waals surface area contributed by atoms with Gasteiger partial charge in [-0.15, -0.1) is 0 Å². The van der Waals surface area contributed by atoms with Crippen LogP contribution in [0.1, 0.15) is 10.5 Å². The maximum atomic E-state index is 10.6. The third-order valence-electron chi connectivity index (χ3n) is 1.12. The minimum atomic E-state index is -0.734. The smallest absolute Gasteiger partial charge is 0.291 e. The number of amides is 1. The molecule has 0 aliphatic carbocycles. The SMILES string of the molecule is O=C(NO)c1cc(=O)cc[nH]1. The Morgan fingerprint density at radius 1 is 1.64 bits per heavy atom. The Bertz CT molecular complexity index is 318. The number of hydrogen-bond donors (Lipinski definition) is 3. The normalized spacial score (nSPS) is 9.18. The number of nitrogens with one attached hydrogen (secondary N) is 2. The highest BCUT2D eigenvalue weighted by Crippen LogP contribution is 1.86. The van der Waals surface area contributed by atoms with Gasteiger partial charge in [-0.3, -0.25) is 14.8 Å². The van der Waals surface area contributed by atoms with Crippen molar-refractivity contribution in [3.63, 3.8) is 0 Å². The molecule has 0 saturated carbocycles. The molecule has 11 heavy (non-hydrogen) atoms. The molecule has 1 rings (SSSR count). The van der Waals surface area contributed by atoms with Crippen LogP contribution in [0, 0.1) is 0 Å². The van der Waals surface area contributed by atoms with E-state index in [0.29, 0.717) is 0 Å². The van der Waals surface area contributed by atoms with Crippen LogP contribution in [-0.2, 0) is 0 Å². The van der Waals surface area contributed by atoms with Gasteiger partial charge in [0.1, 0.15) is 5.69 Å². The number of carbonyl (C=O) groups is 1. The first-order valence-corrected chi connectivity index (χ1v) is 2.87. The van der Waals surface area contributed by atoms with Crippen molar-refractivity contribution in [3.05, 3.63) is 34.2 Å². The van der Waals surface area contributed by atoms with Crippen molar-refractivity contribution in [3.8, 4) is 0 Å². The molecule has 0 aliphatic heterocycles. The van der Waals surface area contributed by atoms with Crippen LogP contribution in [0.5, 0.6) is 0 Å². The summed E-state index contributed by atoms with van der Waals surface area (Å²) in [5.74, 6) is -0.734. The Kier molecular flexibility index (Phi) is 2.03. The van der Waals surface area contributed by atoms with Crippen LogP contribution in [0.15, 0.2) is 23.1 Å². The van der Waals surface area contributed by atoms with Crippen molar-refractivity contribution in [2.45, 2.75) is 0 Å². The summed E-state index contributed by atoms with van der Waals surface area (Å²) in [4.78, 5) is 23.8. The van der Waals surface area contributed by atoms with Crippen molar-refractivity contribution in [2.24, 2.45) is 0 Å². The van der Waals surface area contributed by atoms with E-state index in [1.54, 1.807) is 0 Å². The van der Waals surface area contributed by atoms with E-state index in [0.717, 1.165) is 6.07 Å². The van der Waals surface area contributed by atoms with Crippen LogP contribution in [0.2, 0.25) is 0 Å². The molecule has 0 aromatic carbocycles. The van der Waals surface area contributed by atoms with Crippen LogP contribution in [0.25, 0.3) is 0 Å².